The Kier molecular flexibility index (Phi) is 3.32. The summed E-state index contributed by atoms with van der Waals surface area (Å²) in [5.41, 5.74) is 17.3. The number of fused-ring (bicyclic) bond motifs is 1. The Morgan fingerprint density at radius 1 is 1.38 bits per heavy atom. The first-order chi connectivity index (χ1) is 10.0. The van der Waals surface area contributed by atoms with Crippen molar-refractivity contribution in [3.05, 3.63) is 5.56 Å². The van der Waals surface area contributed by atoms with Gasteiger partial charge in [0.1, 0.15) is 11.4 Å². The Morgan fingerprint density at radius 2 is 2.19 bits per heavy atom. The van der Waals surface area contributed by atoms with Crippen LogP contribution < -0.4 is 21.9 Å². The third-order valence-corrected chi connectivity index (χ3v) is 4.09. The summed E-state index contributed by atoms with van der Waals surface area (Å²) in [6, 6.07) is 0. The van der Waals surface area contributed by atoms with Gasteiger partial charge in [-0.3, -0.25) is 4.79 Å². The minimum absolute atomic E-state index is 0.108. The number of amides is 1. The van der Waals surface area contributed by atoms with E-state index in [4.69, 9.17) is 21.9 Å². The van der Waals surface area contributed by atoms with Gasteiger partial charge in [0.05, 0.1) is 12.1 Å². The predicted molar refractivity (Wildman–Crippen MR) is 77.4 cm³/mol. The molecule has 1 atom stereocenters. The molecule has 8 heteroatoms. The molecule has 0 aliphatic carbocycles. The largest absolute Gasteiger partial charge is 0.468 e. The van der Waals surface area contributed by atoms with Crippen LogP contribution in [-0.2, 0) is 11.2 Å². The van der Waals surface area contributed by atoms with Gasteiger partial charge in [0, 0.05) is 25.8 Å². The van der Waals surface area contributed by atoms with Gasteiger partial charge in [-0.2, -0.15) is 9.97 Å². The Labute approximate surface area is 122 Å². The summed E-state index contributed by atoms with van der Waals surface area (Å²) in [7, 11) is 0. The molecule has 1 spiro atoms. The highest BCUT2D eigenvalue weighted by Gasteiger charge is 2.47. The molecule has 1 fully saturated rings. The van der Waals surface area contributed by atoms with E-state index in [0.717, 1.165) is 12.0 Å². The molecule has 1 aromatic rings. The summed E-state index contributed by atoms with van der Waals surface area (Å²) in [6.07, 6.45) is 2.57. The van der Waals surface area contributed by atoms with E-state index in [-0.39, 0.29) is 11.9 Å². The average molecular weight is 292 g/mol. The first-order valence-electron chi connectivity index (χ1n) is 7.12. The Balaban J connectivity index is 1.72. The normalized spacial score (nSPS) is 23.4. The lowest BCUT2D eigenvalue weighted by Crippen LogP contribution is -2.39. The SMILES string of the molecule is NCCCC(=O)N1CC[C@@]2(Cc3c(N)nc(N)nc3O2)C1. The number of ether oxygens (including phenoxy) is 1. The smallest absolute Gasteiger partial charge is 0.225 e. The highest BCUT2D eigenvalue weighted by Crippen LogP contribution is 2.41. The van der Waals surface area contributed by atoms with E-state index in [1.165, 1.54) is 0 Å². The lowest BCUT2D eigenvalue weighted by Gasteiger charge is -2.23. The molecule has 6 N–H and O–H groups in total. The van der Waals surface area contributed by atoms with Crippen LogP contribution in [0, 0.1) is 0 Å². The topological polar surface area (TPSA) is 133 Å². The van der Waals surface area contributed by atoms with Gasteiger partial charge in [-0.1, -0.05) is 0 Å². The third-order valence-electron chi connectivity index (χ3n) is 4.09. The van der Waals surface area contributed by atoms with Crippen molar-refractivity contribution in [3.8, 4) is 5.88 Å². The van der Waals surface area contributed by atoms with E-state index in [9.17, 15) is 4.79 Å². The van der Waals surface area contributed by atoms with Crippen LogP contribution in [0.2, 0.25) is 0 Å². The van der Waals surface area contributed by atoms with Crippen LogP contribution in [0.25, 0.3) is 0 Å². The van der Waals surface area contributed by atoms with Gasteiger partial charge < -0.3 is 26.8 Å². The van der Waals surface area contributed by atoms with Crippen LogP contribution in [0.4, 0.5) is 11.8 Å². The molecule has 21 heavy (non-hydrogen) atoms. The molecule has 2 aliphatic rings. The van der Waals surface area contributed by atoms with Gasteiger partial charge >= 0.3 is 0 Å². The zero-order valence-corrected chi connectivity index (χ0v) is 11.8. The number of hydrogen-bond donors (Lipinski definition) is 3. The van der Waals surface area contributed by atoms with Crippen molar-refractivity contribution in [1.82, 2.24) is 14.9 Å². The zero-order chi connectivity index (χ0) is 15.0. The summed E-state index contributed by atoms with van der Waals surface area (Å²) in [4.78, 5) is 22.0. The molecule has 3 rings (SSSR count). The van der Waals surface area contributed by atoms with Crippen molar-refractivity contribution in [1.29, 1.82) is 0 Å². The number of nitrogens with two attached hydrogens (primary N) is 3. The molecule has 0 aromatic carbocycles. The quantitative estimate of drug-likeness (QED) is 0.669. The van der Waals surface area contributed by atoms with E-state index in [0.29, 0.717) is 50.6 Å². The van der Waals surface area contributed by atoms with Crippen LogP contribution in [-0.4, -0.2) is 46.0 Å². The van der Waals surface area contributed by atoms with E-state index >= 15 is 0 Å². The highest BCUT2D eigenvalue weighted by molar-refractivity contribution is 5.76. The summed E-state index contributed by atoms with van der Waals surface area (Å²) in [5, 5.41) is 0. The zero-order valence-electron chi connectivity index (χ0n) is 11.8. The monoisotopic (exact) mass is 292 g/mol. The molecule has 2 aliphatic heterocycles. The van der Waals surface area contributed by atoms with Crippen LogP contribution in [0.1, 0.15) is 24.8 Å². The lowest BCUT2D eigenvalue weighted by molar-refractivity contribution is -0.130. The fourth-order valence-electron chi connectivity index (χ4n) is 3.01. The second kappa shape index (κ2) is 5.03. The fourth-order valence-corrected chi connectivity index (χ4v) is 3.01. The predicted octanol–water partition coefficient (Wildman–Crippen LogP) is -0.714. The number of rotatable bonds is 3. The minimum Gasteiger partial charge on any atom is -0.468 e. The van der Waals surface area contributed by atoms with Gasteiger partial charge in [-0.05, 0) is 13.0 Å². The van der Waals surface area contributed by atoms with Crippen LogP contribution in [0.15, 0.2) is 0 Å². The van der Waals surface area contributed by atoms with Gasteiger partial charge in [-0.25, -0.2) is 0 Å². The second-order valence-corrected chi connectivity index (χ2v) is 5.67. The number of carbonyl (C=O) groups is 1. The summed E-state index contributed by atoms with van der Waals surface area (Å²) >= 11 is 0. The van der Waals surface area contributed by atoms with Gasteiger partial charge in [0.2, 0.25) is 17.7 Å². The lowest BCUT2D eigenvalue weighted by atomic mass is 9.97. The number of nitrogen functional groups attached to an aromatic ring is 2. The van der Waals surface area contributed by atoms with E-state index in [1.807, 2.05) is 4.90 Å². The minimum atomic E-state index is -0.433. The van der Waals surface area contributed by atoms with Crippen molar-refractivity contribution in [2.24, 2.45) is 5.73 Å². The number of likely N-dealkylation sites (tertiary alicyclic amines) is 1. The summed E-state index contributed by atoms with van der Waals surface area (Å²) in [6.45, 7) is 1.75. The maximum absolute atomic E-state index is 12.1. The molecular weight excluding hydrogens is 272 g/mol. The molecule has 114 valence electrons. The number of hydrogen-bond acceptors (Lipinski definition) is 7. The molecule has 3 heterocycles. The molecule has 0 radical (unpaired) electrons. The number of carbonyl (C=O) groups excluding carboxylic acids is 1. The fraction of sp³-hybridized carbons (Fsp3) is 0.615. The maximum Gasteiger partial charge on any atom is 0.225 e. The highest BCUT2D eigenvalue weighted by atomic mass is 16.5. The molecule has 1 aromatic heterocycles. The van der Waals surface area contributed by atoms with Gasteiger partial charge in [0.25, 0.3) is 0 Å². The molecule has 8 nitrogen and oxygen atoms in total. The van der Waals surface area contributed by atoms with Crippen molar-refractivity contribution in [3.63, 3.8) is 0 Å². The first-order valence-corrected chi connectivity index (χ1v) is 7.12. The average Bonchev–Trinajstić information content (AvgIpc) is 3.00. The third kappa shape index (κ3) is 2.46. The number of nitrogens with zero attached hydrogens (tertiary/aromatic N) is 3. The maximum atomic E-state index is 12.1. The van der Waals surface area contributed by atoms with Crippen molar-refractivity contribution in [2.45, 2.75) is 31.3 Å². The van der Waals surface area contributed by atoms with E-state index in [1.54, 1.807) is 0 Å². The second-order valence-electron chi connectivity index (χ2n) is 5.67. The number of anilines is 2. The molecule has 0 saturated carbocycles. The van der Waals surface area contributed by atoms with Crippen LogP contribution in [0.5, 0.6) is 5.88 Å². The summed E-state index contributed by atoms with van der Waals surface area (Å²) in [5.74, 6) is 1.05. The summed E-state index contributed by atoms with van der Waals surface area (Å²) < 4.78 is 5.97. The Hall–Kier alpha value is -2.09. The van der Waals surface area contributed by atoms with Gasteiger partial charge in [-0.15, -0.1) is 0 Å². The van der Waals surface area contributed by atoms with E-state index < -0.39 is 5.60 Å². The molecule has 0 bridgehead atoms. The Morgan fingerprint density at radius 3 is 2.95 bits per heavy atom. The molecular formula is C13H20N6O2. The van der Waals surface area contributed by atoms with E-state index in [2.05, 4.69) is 9.97 Å². The standard InChI is InChI=1S/C13H20N6O2/c14-4-1-2-9(20)19-5-3-13(7-19)6-8-10(15)17-12(16)18-11(8)21-13/h1-7,14H2,(H4,15,16,17,18)/t13-/m1/s1. The molecule has 1 saturated heterocycles. The molecule has 0 unspecified atom stereocenters. The van der Waals surface area contributed by atoms with Crippen molar-refractivity contribution < 1.29 is 9.53 Å². The Bertz CT molecular complexity index is 578. The number of aromatic nitrogens is 2. The molecule has 1 amide bonds. The van der Waals surface area contributed by atoms with Crippen LogP contribution in [0.3, 0.4) is 0 Å². The van der Waals surface area contributed by atoms with Crippen LogP contribution >= 0.6 is 0 Å². The van der Waals surface area contributed by atoms with Gasteiger partial charge in [0.15, 0.2) is 0 Å². The van der Waals surface area contributed by atoms with Crippen molar-refractivity contribution >= 4 is 17.7 Å². The first kappa shape index (κ1) is 13.9. The van der Waals surface area contributed by atoms with Crippen molar-refractivity contribution in [2.75, 3.05) is 31.1 Å².